The number of alkyl halides is 1. The van der Waals surface area contributed by atoms with Crippen molar-refractivity contribution >= 4 is 21.9 Å². The Kier molecular flexibility index (Phi) is 3.27. The lowest BCUT2D eigenvalue weighted by Gasteiger charge is -2.28. The van der Waals surface area contributed by atoms with Gasteiger partial charge in [0.2, 0.25) is 0 Å². The third-order valence-corrected chi connectivity index (χ3v) is 2.69. The minimum atomic E-state index is -0.600. The van der Waals surface area contributed by atoms with E-state index in [2.05, 4.69) is 15.9 Å². The number of ether oxygens (including phenoxy) is 1. The molecular formula is C9H12BrNO2. The summed E-state index contributed by atoms with van der Waals surface area (Å²) in [5, 5.41) is 0. The molecule has 1 aliphatic carbocycles. The molecule has 0 aromatic carbocycles. The highest BCUT2D eigenvalue weighted by Gasteiger charge is 2.29. The molecule has 3 nitrogen and oxygen atoms in total. The molecule has 0 amide bonds. The molecule has 1 rings (SSSR count). The van der Waals surface area contributed by atoms with Crippen LogP contribution in [0.3, 0.4) is 0 Å². The van der Waals surface area contributed by atoms with Crippen LogP contribution >= 0.6 is 15.9 Å². The normalized spacial score (nSPS) is 31.8. The molecule has 2 atom stereocenters. The number of esters is 1. The standard InChI is InChI=1S/C9H12BrNO2/c1-7(12)13-6-8-4-2-3-5-9(8,10)11/h2-5,8H,6,11H2,1H3. The van der Waals surface area contributed by atoms with Crippen LogP contribution in [0.1, 0.15) is 6.92 Å². The fourth-order valence-corrected chi connectivity index (χ4v) is 1.50. The van der Waals surface area contributed by atoms with Crippen molar-refractivity contribution in [1.82, 2.24) is 0 Å². The first-order chi connectivity index (χ1) is 6.02. The lowest BCUT2D eigenvalue weighted by atomic mass is 9.97. The van der Waals surface area contributed by atoms with Gasteiger partial charge in [-0.15, -0.1) is 0 Å². The second-order valence-electron chi connectivity index (χ2n) is 2.98. The van der Waals surface area contributed by atoms with E-state index in [0.717, 1.165) is 0 Å². The highest BCUT2D eigenvalue weighted by atomic mass is 79.9. The van der Waals surface area contributed by atoms with Gasteiger partial charge in [0.25, 0.3) is 0 Å². The summed E-state index contributed by atoms with van der Waals surface area (Å²) < 4.78 is 4.28. The van der Waals surface area contributed by atoms with Crippen LogP contribution in [0.25, 0.3) is 0 Å². The lowest BCUT2D eigenvalue weighted by Crippen LogP contribution is -2.41. The third-order valence-electron chi connectivity index (χ3n) is 1.84. The number of allylic oxidation sites excluding steroid dienone is 2. The molecule has 0 spiro atoms. The number of halogens is 1. The summed E-state index contributed by atoms with van der Waals surface area (Å²) in [6, 6.07) is 0. The van der Waals surface area contributed by atoms with Gasteiger partial charge in [-0.25, -0.2) is 0 Å². The molecule has 13 heavy (non-hydrogen) atoms. The largest absolute Gasteiger partial charge is 0.465 e. The Labute approximate surface area is 85.8 Å². The van der Waals surface area contributed by atoms with E-state index in [0.29, 0.717) is 6.61 Å². The Morgan fingerprint density at radius 2 is 2.38 bits per heavy atom. The van der Waals surface area contributed by atoms with Gasteiger partial charge < -0.3 is 10.5 Å². The predicted molar refractivity (Wildman–Crippen MR) is 54.2 cm³/mol. The molecule has 0 aromatic rings. The summed E-state index contributed by atoms with van der Waals surface area (Å²) >= 11 is 3.36. The van der Waals surface area contributed by atoms with Gasteiger partial charge in [0, 0.05) is 12.8 Å². The van der Waals surface area contributed by atoms with Crippen LogP contribution in [0.4, 0.5) is 0 Å². The topological polar surface area (TPSA) is 52.3 Å². The minimum absolute atomic E-state index is 0.0126. The maximum Gasteiger partial charge on any atom is 0.302 e. The molecule has 0 radical (unpaired) electrons. The van der Waals surface area contributed by atoms with E-state index in [1.165, 1.54) is 6.92 Å². The summed E-state index contributed by atoms with van der Waals surface area (Å²) in [4.78, 5) is 10.6. The summed E-state index contributed by atoms with van der Waals surface area (Å²) in [5.41, 5.74) is 5.90. The van der Waals surface area contributed by atoms with Gasteiger partial charge >= 0.3 is 5.97 Å². The molecule has 0 heterocycles. The maximum atomic E-state index is 10.6. The molecule has 0 bridgehead atoms. The first-order valence-electron chi connectivity index (χ1n) is 3.99. The van der Waals surface area contributed by atoms with Gasteiger partial charge in [-0.2, -0.15) is 0 Å². The predicted octanol–water partition coefficient (Wildman–Crippen LogP) is 1.34. The van der Waals surface area contributed by atoms with Crippen molar-refractivity contribution < 1.29 is 9.53 Å². The van der Waals surface area contributed by atoms with E-state index in [9.17, 15) is 4.79 Å². The van der Waals surface area contributed by atoms with E-state index in [4.69, 9.17) is 10.5 Å². The molecule has 72 valence electrons. The van der Waals surface area contributed by atoms with Gasteiger partial charge in [0.05, 0.1) is 0 Å². The van der Waals surface area contributed by atoms with Gasteiger partial charge in [-0.1, -0.05) is 40.2 Å². The van der Waals surface area contributed by atoms with Gasteiger partial charge in [0.15, 0.2) is 0 Å². The highest BCUT2D eigenvalue weighted by Crippen LogP contribution is 2.28. The first-order valence-corrected chi connectivity index (χ1v) is 4.79. The molecule has 0 saturated heterocycles. The fourth-order valence-electron chi connectivity index (χ4n) is 1.06. The number of rotatable bonds is 2. The molecule has 0 saturated carbocycles. The second kappa shape index (κ2) is 4.07. The maximum absolute atomic E-state index is 10.6. The number of carbonyl (C=O) groups excluding carboxylic acids is 1. The Hall–Kier alpha value is -0.610. The molecular weight excluding hydrogens is 234 g/mol. The Bertz CT molecular complexity index is 258. The van der Waals surface area contributed by atoms with Gasteiger partial charge in [0.1, 0.15) is 11.1 Å². The number of carbonyl (C=O) groups is 1. The van der Waals surface area contributed by atoms with E-state index < -0.39 is 4.45 Å². The Balaban J connectivity index is 2.54. The quantitative estimate of drug-likeness (QED) is 0.454. The van der Waals surface area contributed by atoms with E-state index >= 15 is 0 Å². The summed E-state index contributed by atoms with van der Waals surface area (Å²) in [7, 11) is 0. The van der Waals surface area contributed by atoms with Gasteiger partial charge in [-0.3, -0.25) is 4.79 Å². The third kappa shape index (κ3) is 2.97. The summed E-state index contributed by atoms with van der Waals surface area (Å²) in [5.74, 6) is -0.298. The zero-order valence-electron chi connectivity index (χ0n) is 7.37. The first kappa shape index (κ1) is 10.5. The fraction of sp³-hybridized carbons (Fsp3) is 0.444. The van der Waals surface area contributed by atoms with Crippen LogP contribution < -0.4 is 5.73 Å². The van der Waals surface area contributed by atoms with Crippen LogP contribution in [-0.4, -0.2) is 17.0 Å². The van der Waals surface area contributed by atoms with Gasteiger partial charge in [-0.05, 0) is 0 Å². The van der Waals surface area contributed by atoms with E-state index in [1.54, 1.807) is 0 Å². The molecule has 2 unspecified atom stereocenters. The van der Waals surface area contributed by atoms with E-state index in [1.807, 2.05) is 24.3 Å². The van der Waals surface area contributed by atoms with Crippen molar-refractivity contribution in [3.05, 3.63) is 24.3 Å². The molecule has 1 aliphatic rings. The minimum Gasteiger partial charge on any atom is -0.465 e. The van der Waals surface area contributed by atoms with Crippen LogP contribution in [0.2, 0.25) is 0 Å². The Morgan fingerprint density at radius 1 is 1.69 bits per heavy atom. The van der Waals surface area contributed by atoms with Crippen LogP contribution in [0.15, 0.2) is 24.3 Å². The monoisotopic (exact) mass is 245 g/mol. The van der Waals surface area contributed by atoms with Crippen molar-refractivity contribution in [3.63, 3.8) is 0 Å². The van der Waals surface area contributed by atoms with Crippen molar-refractivity contribution in [2.45, 2.75) is 11.4 Å². The number of nitrogens with two attached hydrogens (primary N) is 1. The summed E-state index contributed by atoms with van der Waals surface area (Å²) in [6.07, 6.45) is 7.50. The van der Waals surface area contributed by atoms with Crippen molar-refractivity contribution in [2.75, 3.05) is 6.61 Å². The highest BCUT2D eigenvalue weighted by molar-refractivity contribution is 9.10. The number of hydrogen-bond donors (Lipinski definition) is 1. The van der Waals surface area contributed by atoms with Crippen molar-refractivity contribution in [2.24, 2.45) is 11.7 Å². The molecule has 2 N–H and O–H groups in total. The van der Waals surface area contributed by atoms with Crippen LogP contribution in [0.5, 0.6) is 0 Å². The van der Waals surface area contributed by atoms with Crippen molar-refractivity contribution in [3.8, 4) is 0 Å². The average Bonchev–Trinajstić information content (AvgIpc) is 2.01. The second-order valence-corrected chi connectivity index (χ2v) is 4.35. The molecule has 0 fully saturated rings. The van der Waals surface area contributed by atoms with Crippen molar-refractivity contribution in [1.29, 1.82) is 0 Å². The molecule has 0 aromatic heterocycles. The lowest BCUT2D eigenvalue weighted by molar-refractivity contribution is -0.141. The molecule has 4 heteroatoms. The van der Waals surface area contributed by atoms with Crippen LogP contribution in [-0.2, 0) is 9.53 Å². The van der Waals surface area contributed by atoms with E-state index in [-0.39, 0.29) is 11.9 Å². The number of hydrogen-bond acceptors (Lipinski definition) is 3. The zero-order valence-corrected chi connectivity index (χ0v) is 8.95. The average molecular weight is 246 g/mol. The smallest absolute Gasteiger partial charge is 0.302 e. The zero-order chi connectivity index (χ0) is 9.90. The Morgan fingerprint density at radius 3 is 2.92 bits per heavy atom. The summed E-state index contributed by atoms with van der Waals surface area (Å²) in [6.45, 7) is 1.69. The SMILES string of the molecule is CC(=O)OCC1C=CC=CC1(N)Br. The molecule has 0 aliphatic heterocycles. The van der Waals surface area contributed by atoms with Crippen LogP contribution in [0, 0.1) is 5.92 Å².